The van der Waals surface area contributed by atoms with Crippen LogP contribution in [0.15, 0.2) is 54.6 Å². The van der Waals surface area contributed by atoms with Crippen LogP contribution in [-0.2, 0) is 17.6 Å². The summed E-state index contributed by atoms with van der Waals surface area (Å²) in [5, 5.41) is 0.922. The van der Waals surface area contributed by atoms with Crippen LogP contribution in [0, 0.1) is 18.7 Å². The minimum Gasteiger partial charge on any atom is -0.490 e. The largest absolute Gasteiger partial charge is 0.490 e. The van der Waals surface area contributed by atoms with E-state index >= 15 is 0 Å². The lowest BCUT2D eigenvalue weighted by atomic mass is 9.94. The molecule has 1 heterocycles. The molecule has 3 aromatic rings. The van der Waals surface area contributed by atoms with Crippen LogP contribution >= 0.6 is 23.2 Å². The van der Waals surface area contributed by atoms with E-state index in [1.165, 1.54) is 6.07 Å². The summed E-state index contributed by atoms with van der Waals surface area (Å²) in [6.07, 6.45) is 2.36. The molecule has 4 rings (SSSR count). The molecule has 2 unspecified atom stereocenters. The maximum Gasteiger partial charge on any atom is 0.156 e. The first kappa shape index (κ1) is 26.3. The van der Waals surface area contributed by atoms with Gasteiger partial charge >= 0.3 is 0 Å². The number of rotatable bonds is 10. The van der Waals surface area contributed by atoms with Gasteiger partial charge in [0, 0.05) is 6.54 Å². The predicted octanol–water partition coefficient (Wildman–Crippen LogP) is 5.99. The highest BCUT2D eigenvalue weighted by atomic mass is 35.5. The molecule has 0 radical (unpaired) electrons. The number of aryl methyl sites for hydroxylation is 2. The van der Waals surface area contributed by atoms with E-state index in [4.69, 9.17) is 38.4 Å². The Morgan fingerprint density at radius 3 is 2.47 bits per heavy atom. The molecule has 5 nitrogen and oxygen atoms in total. The molecule has 1 aliphatic rings. The molecule has 0 saturated carbocycles. The van der Waals surface area contributed by atoms with Gasteiger partial charge < -0.3 is 24.9 Å². The summed E-state index contributed by atoms with van der Waals surface area (Å²) in [7, 11) is 0. The quantitative estimate of drug-likeness (QED) is 0.257. The first-order valence-electron chi connectivity index (χ1n) is 11.9. The van der Waals surface area contributed by atoms with E-state index in [9.17, 15) is 9.18 Å². The van der Waals surface area contributed by atoms with Gasteiger partial charge in [0.1, 0.15) is 31.1 Å². The molecule has 36 heavy (non-hydrogen) atoms. The van der Waals surface area contributed by atoms with Gasteiger partial charge in [-0.05, 0) is 73.2 Å². The smallest absolute Gasteiger partial charge is 0.156 e. The average Bonchev–Trinajstić information content (AvgIpc) is 2.86. The molecule has 1 aliphatic heterocycles. The van der Waals surface area contributed by atoms with Crippen LogP contribution < -0.4 is 20.1 Å². The van der Waals surface area contributed by atoms with Crippen LogP contribution in [0.4, 0.5) is 10.1 Å². The van der Waals surface area contributed by atoms with Crippen molar-refractivity contribution < 1.29 is 18.7 Å². The molecule has 0 amide bonds. The number of hydrogen-bond acceptors (Lipinski definition) is 5. The van der Waals surface area contributed by atoms with E-state index in [1.54, 1.807) is 18.2 Å². The van der Waals surface area contributed by atoms with Gasteiger partial charge in [0.05, 0.1) is 27.8 Å². The third kappa shape index (κ3) is 6.12. The number of carbonyl (C=O) groups is 1. The van der Waals surface area contributed by atoms with Crippen molar-refractivity contribution in [3.63, 3.8) is 0 Å². The van der Waals surface area contributed by atoms with Crippen molar-refractivity contribution in [2.24, 2.45) is 11.7 Å². The van der Waals surface area contributed by atoms with Crippen molar-refractivity contribution in [2.75, 3.05) is 24.7 Å². The Labute approximate surface area is 220 Å². The lowest BCUT2D eigenvalue weighted by molar-refractivity contribution is -0.111. The standard InChI is InChI=1S/C28H29Cl2FN2O3/c1-18-14-23(29)27(24(30)15-18)36-13-12-35-22-9-7-19(8-10-22)16-21(17-34)28(32)33-11-3-5-20-4-2-6-25(31)26(20)33/h2,4,6-10,14-15,17,21,28H,3,5,11-13,16,32H2,1H3. The minimum absolute atomic E-state index is 0.278. The number of nitrogens with two attached hydrogens (primary N) is 1. The van der Waals surface area contributed by atoms with Crippen LogP contribution in [0.5, 0.6) is 11.5 Å². The number of benzene rings is 3. The maximum atomic E-state index is 14.6. The molecule has 0 aliphatic carbocycles. The van der Waals surface area contributed by atoms with Gasteiger partial charge in [-0.25, -0.2) is 4.39 Å². The van der Waals surface area contributed by atoms with E-state index in [1.807, 2.05) is 42.2 Å². The number of nitrogens with zero attached hydrogens (tertiary/aromatic N) is 1. The summed E-state index contributed by atoms with van der Waals surface area (Å²) < 4.78 is 26.0. The summed E-state index contributed by atoms with van der Waals surface area (Å²) >= 11 is 12.4. The Bertz CT molecular complexity index is 1180. The molecule has 0 bridgehead atoms. The van der Waals surface area contributed by atoms with Gasteiger partial charge in [-0.3, -0.25) is 0 Å². The summed E-state index contributed by atoms with van der Waals surface area (Å²) in [5.41, 5.74) is 9.84. The molecule has 2 atom stereocenters. The number of ether oxygens (including phenoxy) is 2. The fraction of sp³-hybridized carbons (Fsp3) is 0.321. The minimum atomic E-state index is -0.619. The Morgan fingerprint density at radius 2 is 1.78 bits per heavy atom. The van der Waals surface area contributed by atoms with Gasteiger partial charge in [0.25, 0.3) is 0 Å². The highest BCUT2D eigenvalue weighted by Gasteiger charge is 2.30. The topological polar surface area (TPSA) is 64.8 Å². The number of fused-ring (bicyclic) bond motifs is 1. The van der Waals surface area contributed by atoms with Crippen molar-refractivity contribution in [2.45, 2.75) is 32.4 Å². The van der Waals surface area contributed by atoms with Crippen molar-refractivity contribution in [1.82, 2.24) is 0 Å². The molecular formula is C28H29Cl2FN2O3. The first-order chi connectivity index (χ1) is 17.4. The zero-order valence-corrected chi connectivity index (χ0v) is 21.6. The van der Waals surface area contributed by atoms with Crippen LogP contribution in [0.25, 0.3) is 0 Å². The normalized spacial score (nSPS) is 14.6. The third-order valence-corrected chi connectivity index (χ3v) is 6.87. The number of carbonyl (C=O) groups excluding carboxylic acids is 1. The van der Waals surface area contributed by atoms with E-state index < -0.39 is 12.1 Å². The van der Waals surface area contributed by atoms with Crippen LogP contribution in [0.2, 0.25) is 10.0 Å². The number of anilines is 1. The monoisotopic (exact) mass is 530 g/mol. The maximum absolute atomic E-state index is 14.6. The van der Waals surface area contributed by atoms with Gasteiger partial charge in [-0.1, -0.05) is 47.5 Å². The zero-order chi connectivity index (χ0) is 25.7. The molecule has 190 valence electrons. The lowest BCUT2D eigenvalue weighted by Crippen LogP contribution is -2.51. The van der Waals surface area contributed by atoms with Crippen LogP contribution in [0.3, 0.4) is 0 Å². The molecule has 8 heteroatoms. The molecule has 3 aromatic carbocycles. The highest BCUT2D eigenvalue weighted by molar-refractivity contribution is 6.37. The fourth-order valence-electron chi connectivity index (χ4n) is 4.54. The first-order valence-corrected chi connectivity index (χ1v) is 12.7. The summed E-state index contributed by atoms with van der Waals surface area (Å²) in [5.74, 6) is 0.321. The Kier molecular flexibility index (Phi) is 8.72. The van der Waals surface area contributed by atoms with Gasteiger partial charge in [-0.15, -0.1) is 0 Å². The Morgan fingerprint density at radius 1 is 1.08 bits per heavy atom. The molecule has 0 saturated heterocycles. The number of hydrogen-bond donors (Lipinski definition) is 1. The van der Waals surface area contributed by atoms with Crippen molar-refractivity contribution >= 4 is 35.2 Å². The second-order valence-electron chi connectivity index (χ2n) is 8.94. The SMILES string of the molecule is Cc1cc(Cl)c(OCCOc2ccc(CC(C=O)C(N)N3CCCc4cccc(F)c43)cc2)c(Cl)c1. The van der Waals surface area contributed by atoms with Crippen molar-refractivity contribution in [1.29, 1.82) is 0 Å². The molecule has 0 fully saturated rings. The van der Waals surface area contributed by atoms with Crippen molar-refractivity contribution in [3.05, 3.63) is 87.2 Å². The Balaban J connectivity index is 1.32. The third-order valence-electron chi connectivity index (χ3n) is 6.31. The molecule has 0 aromatic heterocycles. The fourth-order valence-corrected chi connectivity index (χ4v) is 5.24. The lowest BCUT2D eigenvalue weighted by Gasteiger charge is -2.38. The van der Waals surface area contributed by atoms with Gasteiger partial charge in [0.2, 0.25) is 0 Å². The van der Waals surface area contributed by atoms with E-state index in [0.717, 1.165) is 35.8 Å². The molecular weight excluding hydrogens is 502 g/mol. The van der Waals surface area contributed by atoms with Gasteiger partial charge in [-0.2, -0.15) is 0 Å². The molecule has 2 N–H and O–H groups in total. The summed E-state index contributed by atoms with van der Waals surface area (Å²) in [4.78, 5) is 13.8. The summed E-state index contributed by atoms with van der Waals surface area (Å²) in [6, 6.07) is 16.1. The predicted molar refractivity (Wildman–Crippen MR) is 142 cm³/mol. The number of halogens is 3. The summed E-state index contributed by atoms with van der Waals surface area (Å²) in [6.45, 7) is 3.11. The zero-order valence-electron chi connectivity index (χ0n) is 20.1. The van der Waals surface area contributed by atoms with Crippen LogP contribution in [0.1, 0.15) is 23.1 Å². The second kappa shape index (κ2) is 12.0. The van der Waals surface area contributed by atoms with Gasteiger partial charge in [0.15, 0.2) is 5.75 Å². The molecule has 0 spiro atoms. The van der Waals surface area contributed by atoms with E-state index in [2.05, 4.69) is 0 Å². The number of aldehydes is 1. The average molecular weight is 531 g/mol. The Hall–Kier alpha value is -2.80. The highest BCUT2D eigenvalue weighted by Crippen LogP contribution is 2.34. The van der Waals surface area contributed by atoms with E-state index in [0.29, 0.717) is 46.8 Å². The van der Waals surface area contributed by atoms with E-state index in [-0.39, 0.29) is 12.4 Å². The van der Waals surface area contributed by atoms with Crippen LogP contribution in [-0.4, -0.2) is 32.2 Å². The van der Waals surface area contributed by atoms with Crippen molar-refractivity contribution in [3.8, 4) is 11.5 Å². The number of para-hydroxylation sites is 1. The second-order valence-corrected chi connectivity index (χ2v) is 9.75.